The van der Waals surface area contributed by atoms with E-state index in [1.165, 1.54) is 12.1 Å². The van der Waals surface area contributed by atoms with Crippen molar-refractivity contribution in [3.8, 4) is 11.5 Å². The van der Waals surface area contributed by atoms with Crippen molar-refractivity contribution in [2.45, 2.75) is 56.9 Å². The zero-order valence-electron chi connectivity index (χ0n) is 17.7. The van der Waals surface area contributed by atoms with Crippen molar-refractivity contribution in [3.05, 3.63) is 57.9 Å². The molecule has 2 aliphatic carbocycles. The first-order valence-corrected chi connectivity index (χ1v) is 11.1. The van der Waals surface area contributed by atoms with E-state index in [1.807, 2.05) is 0 Å². The molecule has 2 aliphatic rings. The van der Waals surface area contributed by atoms with Gasteiger partial charge >= 0.3 is 6.36 Å². The Morgan fingerprint density at radius 1 is 1.09 bits per heavy atom. The Labute approximate surface area is 197 Å². The highest BCUT2D eigenvalue weighted by Gasteiger charge is 2.37. The highest BCUT2D eigenvalue weighted by molar-refractivity contribution is 6.30. The van der Waals surface area contributed by atoms with Gasteiger partial charge in [-0.3, -0.25) is 4.79 Å². The first-order chi connectivity index (χ1) is 16.0. The van der Waals surface area contributed by atoms with E-state index in [2.05, 4.69) is 10.1 Å². The molecule has 0 heterocycles. The Morgan fingerprint density at radius 2 is 1.76 bits per heavy atom. The van der Waals surface area contributed by atoms with Crippen LogP contribution in [0.3, 0.4) is 0 Å². The zero-order valence-corrected chi connectivity index (χ0v) is 18.5. The summed E-state index contributed by atoms with van der Waals surface area (Å²) in [5.41, 5.74) is 0.907. The third-order valence-corrected chi connectivity index (χ3v) is 5.93. The minimum Gasteiger partial charge on any atom is -0.489 e. The molecule has 0 spiro atoms. The third-order valence-electron chi connectivity index (χ3n) is 5.71. The van der Waals surface area contributed by atoms with Crippen LogP contribution in [0, 0.1) is 11.7 Å². The normalized spacial score (nSPS) is 16.9. The van der Waals surface area contributed by atoms with Crippen LogP contribution < -0.4 is 14.8 Å². The molecule has 0 aromatic heterocycles. The summed E-state index contributed by atoms with van der Waals surface area (Å²) in [7, 11) is 0. The van der Waals surface area contributed by atoms with Gasteiger partial charge in [0, 0.05) is 11.1 Å². The highest BCUT2D eigenvalue weighted by Crippen LogP contribution is 2.43. The Morgan fingerprint density at radius 3 is 2.35 bits per heavy atom. The standard InChI is InChI=1S/C23H22ClF4NO5/c24-14-6-15(8-16(7-14)34-23(26,27)28)33-10-13-5-19(25)18(9-17(13)11-1-2-11)21(30)29-20(22(31)32)12-3-4-12/h5-9,11-12,20,22,31-32H,1-4,10H2,(H,29,30)/t20-/m0/s1. The van der Waals surface area contributed by atoms with Crippen molar-refractivity contribution in [2.75, 3.05) is 0 Å². The van der Waals surface area contributed by atoms with Crippen LogP contribution in [-0.4, -0.2) is 34.8 Å². The summed E-state index contributed by atoms with van der Waals surface area (Å²) >= 11 is 5.86. The van der Waals surface area contributed by atoms with Gasteiger partial charge in [0.25, 0.3) is 5.91 Å². The topological polar surface area (TPSA) is 88.0 Å². The average molecular weight is 504 g/mol. The molecular weight excluding hydrogens is 482 g/mol. The van der Waals surface area contributed by atoms with E-state index in [1.54, 1.807) is 0 Å². The molecule has 3 N–H and O–H groups in total. The summed E-state index contributed by atoms with van der Waals surface area (Å²) in [6.45, 7) is -0.170. The van der Waals surface area contributed by atoms with Gasteiger partial charge in [0.05, 0.1) is 11.6 Å². The number of halogens is 5. The quantitative estimate of drug-likeness (QED) is 0.342. The van der Waals surface area contributed by atoms with E-state index in [0.29, 0.717) is 11.1 Å². The van der Waals surface area contributed by atoms with Crippen LogP contribution in [0.2, 0.25) is 5.02 Å². The fraction of sp³-hybridized carbons (Fsp3) is 0.435. The molecule has 2 fully saturated rings. The highest BCUT2D eigenvalue weighted by atomic mass is 35.5. The number of hydrogen-bond acceptors (Lipinski definition) is 5. The number of carbonyl (C=O) groups excluding carboxylic acids is 1. The minimum absolute atomic E-state index is 0.0000618. The first-order valence-electron chi connectivity index (χ1n) is 10.7. The second kappa shape index (κ2) is 9.59. The van der Waals surface area contributed by atoms with Crippen LogP contribution in [0.15, 0.2) is 30.3 Å². The van der Waals surface area contributed by atoms with Gasteiger partial charge in [-0.2, -0.15) is 0 Å². The molecule has 6 nitrogen and oxygen atoms in total. The molecule has 1 amide bonds. The summed E-state index contributed by atoms with van der Waals surface area (Å²) in [4.78, 5) is 12.7. The predicted molar refractivity (Wildman–Crippen MR) is 113 cm³/mol. The third kappa shape index (κ3) is 6.31. The van der Waals surface area contributed by atoms with Crippen molar-refractivity contribution >= 4 is 17.5 Å². The number of ether oxygens (including phenoxy) is 2. The predicted octanol–water partition coefficient (Wildman–Crippen LogP) is 4.65. The summed E-state index contributed by atoms with van der Waals surface area (Å²) < 4.78 is 61.9. The summed E-state index contributed by atoms with van der Waals surface area (Å²) in [6.07, 6.45) is -3.49. The van der Waals surface area contributed by atoms with Gasteiger partial charge in [-0.15, -0.1) is 13.2 Å². The van der Waals surface area contributed by atoms with Crippen molar-refractivity contribution < 1.29 is 42.0 Å². The molecule has 11 heteroatoms. The van der Waals surface area contributed by atoms with Crippen molar-refractivity contribution in [1.82, 2.24) is 5.32 Å². The maximum atomic E-state index is 14.9. The second-order valence-electron chi connectivity index (χ2n) is 8.51. The molecule has 0 bridgehead atoms. The number of aliphatic hydroxyl groups excluding tert-OH is 1. The maximum absolute atomic E-state index is 14.9. The molecule has 4 rings (SSSR count). The lowest BCUT2D eigenvalue weighted by atomic mass is 9.99. The molecule has 0 unspecified atom stereocenters. The van der Waals surface area contributed by atoms with Crippen molar-refractivity contribution in [3.63, 3.8) is 0 Å². The molecule has 2 aromatic carbocycles. The molecule has 0 aliphatic heterocycles. The Hall–Kier alpha value is -2.56. The molecule has 34 heavy (non-hydrogen) atoms. The molecule has 1 atom stereocenters. The number of hydrogen-bond donors (Lipinski definition) is 3. The van der Waals surface area contributed by atoms with E-state index >= 15 is 0 Å². The van der Waals surface area contributed by atoms with Gasteiger partial charge in [-0.25, -0.2) is 4.39 Å². The van der Waals surface area contributed by atoms with Crippen LogP contribution in [-0.2, 0) is 6.61 Å². The van der Waals surface area contributed by atoms with Gasteiger partial charge in [0.1, 0.15) is 23.9 Å². The van der Waals surface area contributed by atoms with Crippen LogP contribution in [0.1, 0.15) is 53.1 Å². The van der Waals surface area contributed by atoms with Gasteiger partial charge < -0.3 is 25.0 Å². The maximum Gasteiger partial charge on any atom is 0.573 e. The monoisotopic (exact) mass is 503 g/mol. The van der Waals surface area contributed by atoms with E-state index in [0.717, 1.165) is 43.9 Å². The van der Waals surface area contributed by atoms with Gasteiger partial charge in [-0.1, -0.05) is 11.6 Å². The number of carbonyl (C=O) groups is 1. The van der Waals surface area contributed by atoms with Crippen LogP contribution >= 0.6 is 11.6 Å². The van der Waals surface area contributed by atoms with Crippen LogP contribution in [0.25, 0.3) is 0 Å². The number of rotatable bonds is 9. The Bertz CT molecular complexity index is 1070. The second-order valence-corrected chi connectivity index (χ2v) is 8.95. The van der Waals surface area contributed by atoms with E-state index in [4.69, 9.17) is 16.3 Å². The zero-order chi connectivity index (χ0) is 24.6. The number of nitrogens with one attached hydrogen (secondary N) is 1. The molecular formula is C23H22ClF4NO5. The van der Waals surface area contributed by atoms with E-state index < -0.39 is 36.2 Å². The lowest BCUT2D eigenvalue weighted by molar-refractivity contribution is -0.274. The van der Waals surface area contributed by atoms with Crippen LogP contribution in [0.5, 0.6) is 11.5 Å². The Balaban J connectivity index is 1.52. The number of alkyl halides is 3. The summed E-state index contributed by atoms with van der Waals surface area (Å²) in [5.74, 6) is -2.09. The van der Waals surface area contributed by atoms with Gasteiger partial charge in [-0.05, 0) is 72.9 Å². The minimum atomic E-state index is -4.90. The van der Waals surface area contributed by atoms with Crippen LogP contribution in [0.4, 0.5) is 17.6 Å². The molecule has 2 saturated carbocycles. The van der Waals surface area contributed by atoms with Gasteiger partial charge in [0.2, 0.25) is 0 Å². The Kier molecular flexibility index (Phi) is 6.93. The average Bonchev–Trinajstić information content (AvgIpc) is 3.61. The first kappa shape index (κ1) is 24.6. The molecule has 2 aromatic rings. The molecule has 184 valence electrons. The summed E-state index contributed by atoms with van der Waals surface area (Å²) in [6, 6.07) is 5.01. The summed E-state index contributed by atoms with van der Waals surface area (Å²) in [5, 5.41) is 21.5. The smallest absolute Gasteiger partial charge is 0.489 e. The SMILES string of the molecule is O=C(N[C@H](C(O)O)C1CC1)c1cc(C2CC2)c(COc2cc(Cl)cc(OC(F)(F)F)c2)cc1F. The van der Waals surface area contributed by atoms with E-state index in [9.17, 15) is 32.6 Å². The fourth-order valence-corrected chi connectivity index (χ4v) is 4.01. The van der Waals surface area contributed by atoms with E-state index in [-0.39, 0.29) is 34.8 Å². The number of benzene rings is 2. The number of amides is 1. The van der Waals surface area contributed by atoms with Gasteiger partial charge in [0.15, 0.2) is 6.29 Å². The number of aliphatic hydroxyl groups is 2. The fourth-order valence-electron chi connectivity index (χ4n) is 3.80. The van der Waals surface area contributed by atoms with Crippen molar-refractivity contribution in [1.29, 1.82) is 0 Å². The lowest BCUT2D eigenvalue weighted by Gasteiger charge is -2.21. The molecule has 0 radical (unpaired) electrons. The van der Waals surface area contributed by atoms with Crippen molar-refractivity contribution in [2.24, 2.45) is 5.92 Å². The molecule has 0 saturated heterocycles. The lowest BCUT2D eigenvalue weighted by Crippen LogP contribution is -2.45. The largest absolute Gasteiger partial charge is 0.573 e.